The highest BCUT2D eigenvalue weighted by molar-refractivity contribution is 7.98. The molecule has 2 rings (SSSR count). The molecule has 0 unspecified atom stereocenters. The molecule has 0 aromatic carbocycles. The first-order chi connectivity index (χ1) is 8.76. The van der Waals surface area contributed by atoms with Gasteiger partial charge in [-0.25, -0.2) is 0 Å². The number of nitrogens with zero attached hydrogens (tertiary/aromatic N) is 3. The van der Waals surface area contributed by atoms with Crippen LogP contribution in [-0.4, -0.2) is 26.9 Å². The second-order valence-electron chi connectivity index (χ2n) is 4.55. The van der Waals surface area contributed by atoms with E-state index < -0.39 is 0 Å². The number of thioether (sulfide) groups is 1. The summed E-state index contributed by atoms with van der Waals surface area (Å²) in [6.45, 7) is 3.37. The first-order valence-electron chi connectivity index (χ1n) is 6.50. The monoisotopic (exact) mass is 268 g/mol. The van der Waals surface area contributed by atoms with Crippen molar-refractivity contribution in [3.63, 3.8) is 0 Å². The summed E-state index contributed by atoms with van der Waals surface area (Å²) in [6.07, 6.45) is 6.40. The molecule has 1 heterocycles. The number of carbonyl (C=O) groups is 1. The molecule has 0 bridgehead atoms. The summed E-state index contributed by atoms with van der Waals surface area (Å²) in [7, 11) is 0. The number of amides is 1. The van der Waals surface area contributed by atoms with E-state index in [-0.39, 0.29) is 11.8 Å². The topological polar surface area (TPSA) is 59.8 Å². The van der Waals surface area contributed by atoms with E-state index in [9.17, 15) is 4.79 Å². The Kier molecular flexibility index (Phi) is 4.63. The molecule has 1 aromatic rings. The molecule has 0 atom stereocenters. The summed E-state index contributed by atoms with van der Waals surface area (Å²) in [5.41, 5.74) is 0. The number of rotatable bonds is 5. The van der Waals surface area contributed by atoms with Gasteiger partial charge in [-0.15, -0.1) is 10.2 Å². The van der Waals surface area contributed by atoms with Crippen molar-refractivity contribution < 1.29 is 4.79 Å². The van der Waals surface area contributed by atoms with E-state index in [0.29, 0.717) is 6.54 Å². The van der Waals surface area contributed by atoms with E-state index in [4.69, 9.17) is 0 Å². The van der Waals surface area contributed by atoms with Crippen molar-refractivity contribution in [2.24, 2.45) is 5.92 Å². The van der Waals surface area contributed by atoms with Crippen LogP contribution in [0.3, 0.4) is 0 Å². The largest absolute Gasteiger partial charge is 0.349 e. The van der Waals surface area contributed by atoms with Crippen LogP contribution in [0.5, 0.6) is 0 Å². The highest BCUT2D eigenvalue weighted by Gasteiger charge is 2.22. The van der Waals surface area contributed by atoms with Crippen LogP contribution >= 0.6 is 11.8 Å². The lowest BCUT2D eigenvalue weighted by Crippen LogP contribution is -2.30. The lowest BCUT2D eigenvalue weighted by Gasteiger charge is -2.10. The summed E-state index contributed by atoms with van der Waals surface area (Å²) in [5, 5.41) is 12.1. The Balaban J connectivity index is 1.93. The van der Waals surface area contributed by atoms with E-state index in [2.05, 4.69) is 22.4 Å². The smallest absolute Gasteiger partial charge is 0.223 e. The standard InChI is InChI=1S/C12H20N4OS/c1-3-16-10(14-15-12(16)18-2)8-13-11(17)9-6-4-5-7-9/h9H,3-8H2,1-2H3,(H,13,17). The second-order valence-corrected chi connectivity index (χ2v) is 5.32. The summed E-state index contributed by atoms with van der Waals surface area (Å²) in [5.74, 6) is 1.22. The maximum Gasteiger partial charge on any atom is 0.223 e. The number of aromatic nitrogens is 3. The second kappa shape index (κ2) is 6.22. The molecule has 1 aromatic heterocycles. The van der Waals surface area contributed by atoms with E-state index >= 15 is 0 Å². The highest BCUT2D eigenvalue weighted by Crippen LogP contribution is 2.24. The van der Waals surface area contributed by atoms with Crippen molar-refractivity contribution >= 4 is 17.7 Å². The molecule has 1 saturated carbocycles. The number of hydrogen-bond acceptors (Lipinski definition) is 4. The summed E-state index contributed by atoms with van der Waals surface area (Å²) < 4.78 is 2.04. The van der Waals surface area contributed by atoms with Gasteiger partial charge in [0.05, 0.1) is 6.54 Å². The van der Waals surface area contributed by atoms with Crippen molar-refractivity contribution in [3.05, 3.63) is 5.82 Å². The fraction of sp³-hybridized carbons (Fsp3) is 0.750. The van der Waals surface area contributed by atoms with Gasteiger partial charge < -0.3 is 9.88 Å². The van der Waals surface area contributed by atoms with Crippen LogP contribution < -0.4 is 5.32 Å². The minimum Gasteiger partial charge on any atom is -0.349 e. The summed E-state index contributed by atoms with van der Waals surface area (Å²) >= 11 is 1.58. The molecule has 6 heteroatoms. The Morgan fingerprint density at radius 2 is 2.17 bits per heavy atom. The highest BCUT2D eigenvalue weighted by atomic mass is 32.2. The lowest BCUT2D eigenvalue weighted by atomic mass is 10.1. The van der Waals surface area contributed by atoms with Gasteiger partial charge in [0.25, 0.3) is 0 Å². The molecule has 100 valence electrons. The fourth-order valence-corrected chi connectivity index (χ4v) is 2.99. The quantitative estimate of drug-likeness (QED) is 0.828. The van der Waals surface area contributed by atoms with Gasteiger partial charge >= 0.3 is 0 Å². The zero-order valence-electron chi connectivity index (χ0n) is 11.0. The molecule has 0 saturated heterocycles. The van der Waals surface area contributed by atoms with Crippen molar-refractivity contribution in [1.29, 1.82) is 0 Å². The summed E-state index contributed by atoms with van der Waals surface area (Å²) in [4.78, 5) is 11.9. The van der Waals surface area contributed by atoms with Crippen LogP contribution in [-0.2, 0) is 17.9 Å². The van der Waals surface area contributed by atoms with Crippen molar-refractivity contribution in [1.82, 2.24) is 20.1 Å². The molecule has 0 aliphatic heterocycles. The average molecular weight is 268 g/mol. The number of hydrogen-bond donors (Lipinski definition) is 1. The third-order valence-electron chi connectivity index (χ3n) is 3.44. The number of nitrogens with one attached hydrogen (secondary N) is 1. The first kappa shape index (κ1) is 13.4. The Morgan fingerprint density at radius 3 is 2.78 bits per heavy atom. The lowest BCUT2D eigenvalue weighted by molar-refractivity contribution is -0.125. The first-order valence-corrected chi connectivity index (χ1v) is 7.72. The Labute approximate surface area is 112 Å². The Bertz CT molecular complexity index is 412. The normalized spacial score (nSPS) is 16.1. The maximum absolute atomic E-state index is 11.9. The Hall–Kier alpha value is -1.04. The van der Waals surface area contributed by atoms with Crippen LogP contribution in [0.25, 0.3) is 0 Å². The maximum atomic E-state index is 11.9. The van der Waals surface area contributed by atoms with Gasteiger partial charge in [0, 0.05) is 12.5 Å². The van der Waals surface area contributed by atoms with Crippen LogP contribution in [0.4, 0.5) is 0 Å². The predicted octanol–water partition coefficient (Wildman–Crippen LogP) is 1.83. The zero-order chi connectivity index (χ0) is 13.0. The zero-order valence-corrected chi connectivity index (χ0v) is 11.8. The molecule has 1 amide bonds. The third-order valence-corrected chi connectivity index (χ3v) is 4.11. The van der Waals surface area contributed by atoms with Gasteiger partial charge in [0.2, 0.25) is 5.91 Å². The predicted molar refractivity (Wildman–Crippen MR) is 71.3 cm³/mol. The van der Waals surface area contributed by atoms with E-state index in [1.807, 2.05) is 10.8 Å². The van der Waals surface area contributed by atoms with Crippen molar-refractivity contribution in [3.8, 4) is 0 Å². The van der Waals surface area contributed by atoms with Gasteiger partial charge in [0.1, 0.15) is 0 Å². The van der Waals surface area contributed by atoms with E-state index in [1.54, 1.807) is 11.8 Å². The average Bonchev–Trinajstić information content (AvgIpc) is 3.04. The molecule has 18 heavy (non-hydrogen) atoms. The van der Waals surface area contributed by atoms with Crippen LogP contribution in [0.2, 0.25) is 0 Å². The van der Waals surface area contributed by atoms with E-state index in [1.165, 1.54) is 12.8 Å². The molecule has 5 nitrogen and oxygen atoms in total. The van der Waals surface area contributed by atoms with Crippen molar-refractivity contribution in [2.75, 3.05) is 6.26 Å². The van der Waals surface area contributed by atoms with E-state index in [0.717, 1.165) is 30.4 Å². The van der Waals surface area contributed by atoms with Gasteiger partial charge in [-0.2, -0.15) is 0 Å². The molecule has 1 N–H and O–H groups in total. The fourth-order valence-electron chi connectivity index (χ4n) is 2.42. The molecule has 1 aliphatic rings. The van der Waals surface area contributed by atoms with Crippen LogP contribution in [0.1, 0.15) is 38.4 Å². The molecular formula is C12H20N4OS. The SMILES string of the molecule is CCn1c(CNC(=O)C2CCCC2)nnc1SC. The minimum atomic E-state index is 0.170. The Morgan fingerprint density at radius 1 is 1.44 bits per heavy atom. The molecule has 0 spiro atoms. The molecule has 1 fully saturated rings. The van der Waals surface area contributed by atoms with Gasteiger partial charge in [-0.1, -0.05) is 24.6 Å². The summed E-state index contributed by atoms with van der Waals surface area (Å²) in [6, 6.07) is 0. The van der Waals surface area contributed by atoms with Gasteiger partial charge in [0.15, 0.2) is 11.0 Å². The number of carbonyl (C=O) groups excluding carboxylic acids is 1. The van der Waals surface area contributed by atoms with Gasteiger partial charge in [-0.05, 0) is 26.0 Å². The molecule has 0 radical (unpaired) electrons. The van der Waals surface area contributed by atoms with Gasteiger partial charge in [-0.3, -0.25) is 4.79 Å². The van der Waals surface area contributed by atoms with Crippen LogP contribution in [0.15, 0.2) is 5.16 Å². The van der Waals surface area contributed by atoms with Crippen molar-refractivity contribution in [2.45, 2.75) is 50.9 Å². The third kappa shape index (κ3) is 2.85. The van der Waals surface area contributed by atoms with Crippen LogP contribution in [0, 0.1) is 5.92 Å². The molecule has 1 aliphatic carbocycles. The minimum absolute atomic E-state index is 0.170. The molecular weight excluding hydrogens is 248 g/mol.